The molecule has 0 aliphatic rings. The van der Waals surface area contributed by atoms with Gasteiger partial charge in [-0.15, -0.1) is 0 Å². The number of ether oxygens (including phenoxy) is 1. The van der Waals surface area contributed by atoms with Crippen molar-refractivity contribution in [3.63, 3.8) is 0 Å². The van der Waals surface area contributed by atoms with Crippen LogP contribution in [0.5, 0.6) is 5.75 Å². The number of fused-ring (bicyclic) bond motifs is 3. The second kappa shape index (κ2) is 6.74. The Bertz CT molecular complexity index is 1320. The molecule has 136 valence electrons. The highest BCUT2D eigenvalue weighted by Crippen LogP contribution is 2.24. The topological polar surface area (TPSA) is 35.6 Å². The van der Waals surface area contributed by atoms with Crippen LogP contribution in [0.15, 0.2) is 102 Å². The quantitative estimate of drug-likeness (QED) is 0.457. The van der Waals surface area contributed by atoms with Crippen molar-refractivity contribution in [1.82, 2.24) is 8.97 Å². The van der Waals surface area contributed by atoms with Crippen LogP contribution < -0.4 is 10.3 Å². The number of nitrogens with zero attached hydrogens (tertiary/aromatic N) is 2. The first kappa shape index (κ1) is 16.4. The van der Waals surface area contributed by atoms with Gasteiger partial charge >= 0.3 is 0 Å². The smallest absolute Gasteiger partial charge is 0.279 e. The molecule has 0 spiro atoms. The Morgan fingerprint density at radius 2 is 1.50 bits per heavy atom. The Kier molecular flexibility index (Phi) is 3.95. The van der Waals surface area contributed by atoms with Crippen LogP contribution in [-0.2, 0) is 6.61 Å². The summed E-state index contributed by atoms with van der Waals surface area (Å²) < 4.78 is 9.54. The van der Waals surface area contributed by atoms with Gasteiger partial charge < -0.3 is 9.14 Å². The zero-order valence-electron chi connectivity index (χ0n) is 15.2. The molecule has 4 heteroatoms. The molecular formula is C24H18N2O2. The number of benzene rings is 3. The lowest BCUT2D eigenvalue weighted by molar-refractivity contribution is 0.306. The Balaban J connectivity index is 1.55. The predicted molar refractivity (Wildman–Crippen MR) is 111 cm³/mol. The molecule has 2 aromatic heterocycles. The zero-order chi connectivity index (χ0) is 18.9. The molecule has 3 aromatic carbocycles. The molecule has 0 amide bonds. The van der Waals surface area contributed by atoms with Gasteiger partial charge in [0.05, 0.1) is 5.52 Å². The van der Waals surface area contributed by atoms with Gasteiger partial charge in [-0.05, 0) is 35.9 Å². The van der Waals surface area contributed by atoms with Gasteiger partial charge in [0.15, 0.2) is 0 Å². The van der Waals surface area contributed by atoms with E-state index in [-0.39, 0.29) is 5.56 Å². The van der Waals surface area contributed by atoms with E-state index in [0.29, 0.717) is 12.1 Å². The fraction of sp³-hybridized carbons (Fsp3) is 0.0417. The molecule has 0 saturated heterocycles. The minimum atomic E-state index is -0.0448. The van der Waals surface area contributed by atoms with Crippen molar-refractivity contribution in [2.75, 3.05) is 0 Å². The van der Waals surface area contributed by atoms with Gasteiger partial charge in [-0.2, -0.15) is 0 Å². The molecular weight excluding hydrogens is 348 g/mol. The minimum absolute atomic E-state index is 0.0448. The molecule has 5 rings (SSSR count). The van der Waals surface area contributed by atoms with E-state index in [1.807, 2.05) is 102 Å². The maximum Gasteiger partial charge on any atom is 0.279 e. The van der Waals surface area contributed by atoms with E-state index < -0.39 is 0 Å². The second-order valence-electron chi connectivity index (χ2n) is 6.70. The summed E-state index contributed by atoms with van der Waals surface area (Å²) in [5, 5.41) is 1.01. The molecule has 0 aliphatic heterocycles. The SMILES string of the molecule is O=c1c2cc3ccc(OCc4ccccc4)cc3n2ccn1-c1ccccc1. The largest absolute Gasteiger partial charge is 0.489 e. The number of rotatable bonds is 4. The fourth-order valence-electron chi connectivity index (χ4n) is 3.47. The zero-order valence-corrected chi connectivity index (χ0v) is 15.2. The Labute approximate surface area is 161 Å². The highest BCUT2D eigenvalue weighted by molar-refractivity contribution is 5.88. The standard InChI is InChI=1S/C24H18N2O2/c27-24-23-15-19-11-12-21(28-17-18-7-3-1-4-8-18)16-22(19)26(23)14-13-25(24)20-9-5-2-6-10-20/h1-16H,17H2. The summed E-state index contributed by atoms with van der Waals surface area (Å²) in [4.78, 5) is 13.0. The molecule has 0 saturated carbocycles. The summed E-state index contributed by atoms with van der Waals surface area (Å²) in [6, 6.07) is 27.6. The van der Waals surface area contributed by atoms with Crippen LogP contribution in [0.3, 0.4) is 0 Å². The number of hydrogen-bond donors (Lipinski definition) is 0. The first-order chi connectivity index (χ1) is 13.8. The lowest BCUT2D eigenvalue weighted by Crippen LogP contribution is -2.19. The average Bonchev–Trinajstić information content (AvgIpc) is 3.13. The summed E-state index contributed by atoms with van der Waals surface area (Å²) in [5.74, 6) is 0.781. The van der Waals surface area contributed by atoms with Gasteiger partial charge in [-0.1, -0.05) is 48.5 Å². The van der Waals surface area contributed by atoms with E-state index in [0.717, 1.165) is 27.9 Å². The molecule has 0 aliphatic carbocycles. The van der Waals surface area contributed by atoms with Crippen LogP contribution in [0.2, 0.25) is 0 Å². The third-order valence-corrected chi connectivity index (χ3v) is 4.90. The first-order valence-corrected chi connectivity index (χ1v) is 9.18. The summed E-state index contributed by atoms with van der Waals surface area (Å²) in [6.07, 6.45) is 3.73. The summed E-state index contributed by atoms with van der Waals surface area (Å²) in [5.41, 5.74) is 3.52. The maximum atomic E-state index is 13.0. The van der Waals surface area contributed by atoms with Crippen molar-refractivity contribution >= 4 is 16.4 Å². The lowest BCUT2D eigenvalue weighted by Gasteiger charge is -2.08. The second-order valence-corrected chi connectivity index (χ2v) is 6.70. The van der Waals surface area contributed by atoms with Gasteiger partial charge in [-0.25, -0.2) is 0 Å². The van der Waals surface area contributed by atoms with E-state index in [4.69, 9.17) is 4.74 Å². The summed E-state index contributed by atoms with van der Waals surface area (Å²) in [7, 11) is 0. The van der Waals surface area contributed by atoms with Gasteiger partial charge in [0.1, 0.15) is 17.9 Å². The maximum absolute atomic E-state index is 13.0. The van der Waals surface area contributed by atoms with Gasteiger partial charge in [0, 0.05) is 29.5 Å². The van der Waals surface area contributed by atoms with E-state index in [1.165, 1.54) is 0 Å². The minimum Gasteiger partial charge on any atom is -0.489 e. The number of hydrogen-bond acceptors (Lipinski definition) is 2. The van der Waals surface area contributed by atoms with Crippen LogP contribution in [0.4, 0.5) is 0 Å². The molecule has 0 N–H and O–H groups in total. The average molecular weight is 366 g/mol. The van der Waals surface area contributed by atoms with Gasteiger partial charge in [0.25, 0.3) is 5.56 Å². The number of aromatic nitrogens is 2. The molecule has 4 nitrogen and oxygen atoms in total. The highest BCUT2D eigenvalue weighted by Gasteiger charge is 2.10. The molecule has 2 heterocycles. The molecule has 0 unspecified atom stereocenters. The predicted octanol–water partition coefficient (Wildman–Crippen LogP) is 4.82. The molecule has 28 heavy (non-hydrogen) atoms. The van der Waals surface area contributed by atoms with E-state index >= 15 is 0 Å². The van der Waals surface area contributed by atoms with E-state index in [1.54, 1.807) is 4.57 Å². The van der Waals surface area contributed by atoms with Crippen LogP contribution in [-0.4, -0.2) is 8.97 Å². The molecule has 0 fully saturated rings. The lowest BCUT2D eigenvalue weighted by atomic mass is 10.2. The van der Waals surface area contributed by atoms with Crippen molar-refractivity contribution < 1.29 is 4.74 Å². The summed E-state index contributed by atoms with van der Waals surface area (Å²) >= 11 is 0. The number of para-hydroxylation sites is 1. The van der Waals surface area contributed by atoms with Gasteiger partial charge in [-0.3, -0.25) is 9.36 Å². The highest BCUT2D eigenvalue weighted by atomic mass is 16.5. The van der Waals surface area contributed by atoms with Crippen molar-refractivity contribution in [1.29, 1.82) is 0 Å². The third-order valence-electron chi connectivity index (χ3n) is 4.90. The Hall–Kier alpha value is -3.79. The molecule has 0 atom stereocenters. The molecule has 0 bridgehead atoms. The van der Waals surface area contributed by atoms with Crippen molar-refractivity contribution in [3.8, 4) is 11.4 Å². The van der Waals surface area contributed by atoms with Crippen LogP contribution in [0.1, 0.15) is 5.56 Å². The van der Waals surface area contributed by atoms with E-state index in [9.17, 15) is 4.79 Å². The van der Waals surface area contributed by atoms with Crippen molar-refractivity contribution in [3.05, 3.63) is 113 Å². The van der Waals surface area contributed by atoms with E-state index in [2.05, 4.69) is 0 Å². The normalized spacial score (nSPS) is 11.1. The first-order valence-electron chi connectivity index (χ1n) is 9.18. The summed E-state index contributed by atoms with van der Waals surface area (Å²) in [6.45, 7) is 0.510. The molecule has 5 aromatic rings. The Morgan fingerprint density at radius 1 is 0.750 bits per heavy atom. The van der Waals surface area contributed by atoms with Crippen LogP contribution >= 0.6 is 0 Å². The molecule has 0 radical (unpaired) electrons. The monoisotopic (exact) mass is 366 g/mol. The Morgan fingerprint density at radius 3 is 2.29 bits per heavy atom. The van der Waals surface area contributed by atoms with Gasteiger partial charge in [0.2, 0.25) is 0 Å². The van der Waals surface area contributed by atoms with Crippen molar-refractivity contribution in [2.45, 2.75) is 6.61 Å². The third kappa shape index (κ3) is 2.85. The van der Waals surface area contributed by atoms with Crippen LogP contribution in [0, 0.1) is 0 Å². The van der Waals surface area contributed by atoms with Crippen molar-refractivity contribution in [2.24, 2.45) is 0 Å². The fourth-order valence-corrected chi connectivity index (χ4v) is 3.47. The van der Waals surface area contributed by atoms with Crippen LogP contribution in [0.25, 0.3) is 22.1 Å².